The van der Waals surface area contributed by atoms with Crippen molar-refractivity contribution in [2.24, 2.45) is 0 Å². The monoisotopic (exact) mass is 431 g/mol. The number of hydrogen-bond acceptors (Lipinski definition) is 7. The summed E-state index contributed by atoms with van der Waals surface area (Å²) in [4.78, 5) is 12.6. The van der Waals surface area contributed by atoms with E-state index in [1.807, 2.05) is 25.1 Å². The van der Waals surface area contributed by atoms with Crippen molar-refractivity contribution in [3.63, 3.8) is 0 Å². The Morgan fingerprint density at radius 2 is 1.83 bits per heavy atom. The highest BCUT2D eigenvalue weighted by Gasteiger charge is 2.17. The van der Waals surface area contributed by atoms with Gasteiger partial charge in [-0.05, 0) is 25.1 Å². The Hall–Kier alpha value is -2.78. The Morgan fingerprint density at radius 1 is 1.10 bits per heavy atom. The molecule has 0 aliphatic rings. The molecular weight excluding hydrogens is 410 g/mol. The average Bonchev–Trinajstić information content (AvgIpc) is 3.14. The van der Waals surface area contributed by atoms with Gasteiger partial charge < -0.3 is 10.1 Å². The third kappa shape index (κ3) is 5.61. The van der Waals surface area contributed by atoms with Crippen LogP contribution in [0.1, 0.15) is 16.1 Å². The van der Waals surface area contributed by atoms with Crippen LogP contribution in [0.15, 0.2) is 53.4 Å². The zero-order chi connectivity index (χ0) is 20.9. The summed E-state index contributed by atoms with van der Waals surface area (Å²) in [5.41, 5.74) is 1.77. The molecule has 152 valence electrons. The van der Waals surface area contributed by atoms with Gasteiger partial charge in [0.25, 0.3) is 0 Å². The summed E-state index contributed by atoms with van der Waals surface area (Å²) in [6.07, 6.45) is 0.372. The minimum Gasteiger partial charge on any atom is -0.496 e. The van der Waals surface area contributed by atoms with E-state index in [0.29, 0.717) is 15.9 Å². The maximum atomic E-state index is 12.4. The number of amides is 1. The number of carbonyl (C=O) groups is 1. The third-order valence-corrected chi connectivity index (χ3v) is 6.85. The van der Waals surface area contributed by atoms with Gasteiger partial charge in [-0.2, -0.15) is 0 Å². The van der Waals surface area contributed by atoms with E-state index in [-0.39, 0.29) is 29.4 Å². The Morgan fingerprint density at radius 3 is 2.55 bits per heavy atom. The van der Waals surface area contributed by atoms with Crippen LogP contribution in [0.3, 0.4) is 0 Å². The summed E-state index contributed by atoms with van der Waals surface area (Å²) in [6, 6.07) is 14.0. The molecule has 3 rings (SSSR count). The molecule has 0 unspecified atom stereocenters. The fourth-order valence-corrected chi connectivity index (χ4v) is 4.81. The molecule has 0 radical (unpaired) electrons. The molecule has 1 amide bonds. The molecule has 0 bridgehead atoms. The normalized spacial score (nSPS) is 11.2. The van der Waals surface area contributed by atoms with Crippen LogP contribution >= 0.6 is 11.3 Å². The van der Waals surface area contributed by atoms with E-state index in [0.717, 1.165) is 11.1 Å². The molecule has 2 aromatic carbocycles. The lowest BCUT2D eigenvalue weighted by Crippen LogP contribution is -2.14. The van der Waals surface area contributed by atoms with Gasteiger partial charge in [0.2, 0.25) is 11.0 Å². The quantitative estimate of drug-likeness (QED) is 0.589. The Labute approximate surface area is 173 Å². The van der Waals surface area contributed by atoms with E-state index in [4.69, 9.17) is 4.74 Å². The number of benzene rings is 2. The molecule has 7 nitrogen and oxygen atoms in total. The second-order valence-corrected chi connectivity index (χ2v) is 9.59. The van der Waals surface area contributed by atoms with E-state index < -0.39 is 9.84 Å². The largest absolute Gasteiger partial charge is 0.496 e. The number of anilines is 1. The van der Waals surface area contributed by atoms with Crippen molar-refractivity contribution in [3.05, 3.63) is 64.7 Å². The summed E-state index contributed by atoms with van der Waals surface area (Å²) in [6.45, 7) is 1.90. The van der Waals surface area contributed by atoms with Gasteiger partial charge in [-0.3, -0.25) is 4.79 Å². The minimum absolute atomic E-state index is 0.0696. The molecular formula is C20H21N3O4S2. The van der Waals surface area contributed by atoms with Gasteiger partial charge in [-0.25, -0.2) is 8.42 Å². The molecule has 1 heterocycles. The molecule has 0 spiro atoms. The second kappa shape index (κ2) is 9.15. The number of nitrogens with one attached hydrogen (secondary N) is 1. The molecule has 0 aliphatic carbocycles. The van der Waals surface area contributed by atoms with Gasteiger partial charge >= 0.3 is 0 Å². The lowest BCUT2D eigenvalue weighted by atomic mass is 10.1. The van der Waals surface area contributed by atoms with Crippen molar-refractivity contribution in [1.82, 2.24) is 10.2 Å². The van der Waals surface area contributed by atoms with Crippen molar-refractivity contribution in [2.75, 3.05) is 18.2 Å². The van der Waals surface area contributed by atoms with Gasteiger partial charge in [0.15, 0.2) is 9.84 Å². The van der Waals surface area contributed by atoms with Crippen LogP contribution in [-0.2, 0) is 27.5 Å². The Balaban J connectivity index is 1.58. The molecule has 1 aromatic heterocycles. The molecule has 0 saturated heterocycles. The Bertz CT molecular complexity index is 1090. The first-order valence-electron chi connectivity index (χ1n) is 8.91. The topological polar surface area (TPSA) is 98.2 Å². The number of aryl methyl sites for hydroxylation is 2. The zero-order valence-corrected chi connectivity index (χ0v) is 17.7. The highest BCUT2D eigenvalue weighted by atomic mass is 32.2. The highest BCUT2D eigenvalue weighted by Crippen LogP contribution is 2.21. The summed E-state index contributed by atoms with van der Waals surface area (Å²) in [5.74, 6) is 0.325. The van der Waals surface area contributed by atoms with E-state index in [9.17, 15) is 13.2 Å². The molecule has 9 heteroatoms. The lowest BCUT2D eigenvalue weighted by molar-refractivity contribution is -0.115. The predicted molar refractivity (Wildman–Crippen MR) is 112 cm³/mol. The molecule has 0 fully saturated rings. The maximum absolute atomic E-state index is 12.4. The standard InChI is InChI=1S/C20H21N3O4S2/c1-14-7-9-16(10-8-14)29(25,26)12-11-19-22-23-20(28-19)21-18(24)13-15-5-3-4-6-17(15)27-2/h3-10H,11-13H2,1-2H3,(H,21,23,24). The SMILES string of the molecule is COc1ccccc1CC(=O)Nc1nnc(CCS(=O)(=O)c2ccc(C)cc2)s1. The summed E-state index contributed by atoms with van der Waals surface area (Å²) in [5, 5.41) is 11.5. The number of nitrogens with zero attached hydrogens (tertiary/aromatic N) is 2. The van der Waals surface area contributed by atoms with E-state index in [1.54, 1.807) is 37.4 Å². The number of methoxy groups -OCH3 is 1. The van der Waals surface area contributed by atoms with Crippen LogP contribution in [-0.4, -0.2) is 37.4 Å². The maximum Gasteiger partial charge on any atom is 0.230 e. The smallest absolute Gasteiger partial charge is 0.230 e. The van der Waals surface area contributed by atoms with Gasteiger partial charge in [0, 0.05) is 12.0 Å². The van der Waals surface area contributed by atoms with E-state index in [2.05, 4.69) is 15.5 Å². The first kappa shape index (κ1) is 20.9. The fourth-order valence-electron chi connectivity index (χ4n) is 2.68. The second-order valence-electron chi connectivity index (χ2n) is 6.42. The predicted octanol–water partition coefficient (Wildman–Crippen LogP) is 3.05. The third-order valence-electron chi connectivity index (χ3n) is 4.22. The minimum atomic E-state index is -3.40. The van der Waals surface area contributed by atoms with Crippen molar-refractivity contribution in [2.45, 2.75) is 24.7 Å². The molecule has 3 aromatic rings. The lowest BCUT2D eigenvalue weighted by Gasteiger charge is -2.07. The zero-order valence-electron chi connectivity index (χ0n) is 16.1. The number of aromatic nitrogens is 2. The molecule has 0 aliphatic heterocycles. The van der Waals surface area contributed by atoms with Crippen molar-refractivity contribution in [1.29, 1.82) is 0 Å². The van der Waals surface area contributed by atoms with Crippen molar-refractivity contribution < 1.29 is 17.9 Å². The van der Waals surface area contributed by atoms with Gasteiger partial charge in [0.05, 0.1) is 24.2 Å². The highest BCUT2D eigenvalue weighted by molar-refractivity contribution is 7.91. The number of para-hydroxylation sites is 1. The number of ether oxygens (including phenoxy) is 1. The molecule has 0 saturated carbocycles. The van der Waals surface area contributed by atoms with Crippen LogP contribution < -0.4 is 10.1 Å². The number of rotatable bonds is 8. The fraction of sp³-hybridized carbons (Fsp3) is 0.250. The van der Waals surface area contributed by atoms with Crippen LogP contribution in [0.25, 0.3) is 0 Å². The van der Waals surface area contributed by atoms with E-state index >= 15 is 0 Å². The van der Waals surface area contributed by atoms with Crippen LogP contribution in [0.5, 0.6) is 5.75 Å². The van der Waals surface area contributed by atoms with Gasteiger partial charge in [0.1, 0.15) is 10.8 Å². The number of hydrogen-bond donors (Lipinski definition) is 1. The van der Waals surface area contributed by atoms with E-state index in [1.165, 1.54) is 11.3 Å². The van der Waals surface area contributed by atoms with Gasteiger partial charge in [-0.15, -0.1) is 10.2 Å². The first-order chi connectivity index (χ1) is 13.9. The van der Waals surface area contributed by atoms with Crippen LogP contribution in [0, 0.1) is 6.92 Å². The summed E-state index contributed by atoms with van der Waals surface area (Å²) in [7, 11) is -1.85. The number of sulfone groups is 1. The van der Waals surface area contributed by atoms with Crippen molar-refractivity contribution >= 4 is 32.2 Å². The number of carbonyl (C=O) groups excluding carboxylic acids is 1. The van der Waals surface area contributed by atoms with Crippen LogP contribution in [0.2, 0.25) is 0 Å². The average molecular weight is 432 g/mol. The molecule has 1 N–H and O–H groups in total. The summed E-state index contributed by atoms with van der Waals surface area (Å²) < 4.78 is 30.1. The summed E-state index contributed by atoms with van der Waals surface area (Å²) >= 11 is 1.17. The Kier molecular flexibility index (Phi) is 6.60. The first-order valence-corrected chi connectivity index (χ1v) is 11.4. The van der Waals surface area contributed by atoms with Crippen LogP contribution in [0.4, 0.5) is 5.13 Å². The van der Waals surface area contributed by atoms with Gasteiger partial charge in [-0.1, -0.05) is 47.2 Å². The molecule has 0 atom stereocenters. The van der Waals surface area contributed by atoms with Crippen molar-refractivity contribution in [3.8, 4) is 5.75 Å². The molecule has 29 heavy (non-hydrogen) atoms.